The lowest BCUT2D eigenvalue weighted by molar-refractivity contribution is -0.171. The lowest BCUT2D eigenvalue weighted by atomic mass is 9.81. The third-order valence-electron chi connectivity index (χ3n) is 5.53. The Labute approximate surface area is 179 Å². The van der Waals surface area contributed by atoms with E-state index in [9.17, 15) is 18.4 Å². The molecule has 1 aromatic rings. The molecule has 0 atom stereocenters. The predicted octanol–water partition coefficient (Wildman–Crippen LogP) is 2.78. The lowest BCUT2D eigenvalue weighted by Crippen LogP contribution is -2.55. The predicted molar refractivity (Wildman–Crippen MR) is 107 cm³/mol. The number of carbonyl (C=O) groups excluding carboxylic acids is 2. The molecule has 1 aliphatic heterocycles. The number of oxime groups is 1. The summed E-state index contributed by atoms with van der Waals surface area (Å²) in [6.45, 7) is 7.91. The maximum Gasteiger partial charge on any atom is 0.410 e. The van der Waals surface area contributed by atoms with Crippen LogP contribution in [-0.2, 0) is 19.9 Å². The Bertz CT molecular complexity index is 861. The molecule has 2 heterocycles. The Morgan fingerprint density at radius 1 is 1.26 bits per heavy atom. The second-order valence-electron chi connectivity index (χ2n) is 9.31. The van der Waals surface area contributed by atoms with E-state index in [1.54, 1.807) is 42.7 Å². The maximum atomic E-state index is 13.0. The van der Waals surface area contributed by atoms with Crippen LogP contribution in [0.15, 0.2) is 17.5 Å². The Kier molecular flexibility index (Phi) is 5.98. The van der Waals surface area contributed by atoms with Crippen molar-refractivity contribution in [3.8, 4) is 0 Å². The number of nitrogens with two attached hydrogens (primary N) is 1. The highest BCUT2D eigenvalue weighted by Gasteiger charge is 2.50. The molecule has 0 bridgehead atoms. The van der Waals surface area contributed by atoms with E-state index in [0.29, 0.717) is 25.9 Å². The Balaban J connectivity index is 1.73. The van der Waals surface area contributed by atoms with Crippen molar-refractivity contribution in [2.75, 3.05) is 13.1 Å². The number of nitrogens with zero attached hydrogens (tertiary/aromatic N) is 4. The number of ether oxygens (including phenoxy) is 1. The topological polar surface area (TPSA) is 112 Å². The monoisotopic (exact) mass is 441 g/mol. The lowest BCUT2D eigenvalue weighted by Gasteiger charge is -2.41. The Hall–Kier alpha value is -2.72. The third-order valence-corrected chi connectivity index (χ3v) is 5.53. The molecule has 3 rings (SSSR count). The van der Waals surface area contributed by atoms with Gasteiger partial charge in [-0.05, 0) is 46.1 Å². The summed E-state index contributed by atoms with van der Waals surface area (Å²) in [5.41, 5.74) is 5.60. The Morgan fingerprint density at radius 2 is 1.87 bits per heavy atom. The van der Waals surface area contributed by atoms with Crippen LogP contribution >= 0.6 is 0 Å². The first-order valence-corrected chi connectivity index (χ1v) is 10.2. The number of piperidine rings is 1. The molecular weight excluding hydrogens is 412 g/mol. The minimum atomic E-state index is -2.83. The van der Waals surface area contributed by atoms with Crippen LogP contribution in [0.5, 0.6) is 0 Å². The van der Waals surface area contributed by atoms with Gasteiger partial charge in [0.25, 0.3) is 0 Å². The number of amides is 1. The molecule has 0 radical (unpaired) electrons. The second-order valence-corrected chi connectivity index (χ2v) is 9.31. The largest absolute Gasteiger partial charge is 0.444 e. The quantitative estimate of drug-likeness (QED) is 0.333. The molecular formula is C20H29F2N5O4. The van der Waals surface area contributed by atoms with Crippen LogP contribution in [0.3, 0.4) is 0 Å². The number of amidine groups is 1. The van der Waals surface area contributed by atoms with E-state index in [1.165, 1.54) is 0 Å². The standard InChI is InChI=1S/C20H29F2N5O4/c1-13-11-24-27(12-13)19(5-7-26(8-6-19)17(29)30-18(2,3)4)16(23)25-31-15(28)14-9-20(21,22)10-14/h11-12,14H,5-10H2,1-4H3,(H2,23,25). The molecule has 1 saturated carbocycles. The van der Waals surface area contributed by atoms with E-state index in [4.69, 9.17) is 15.3 Å². The number of hydrogen-bond donors (Lipinski definition) is 1. The summed E-state index contributed by atoms with van der Waals surface area (Å²) in [6.07, 6.45) is 2.66. The highest BCUT2D eigenvalue weighted by atomic mass is 19.3. The highest BCUT2D eigenvalue weighted by Crippen LogP contribution is 2.43. The summed E-state index contributed by atoms with van der Waals surface area (Å²) in [5.74, 6) is -4.55. The van der Waals surface area contributed by atoms with E-state index in [2.05, 4.69) is 10.3 Å². The fraction of sp³-hybridized carbons (Fsp3) is 0.700. The molecule has 1 aliphatic carbocycles. The molecule has 0 spiro atoms. The van der Waals surface area contributed by atoms with Crippen molar-refractivity contribution >= 4 is 17.9 Å². The molecule has 1 amide bonds. The molecule has 0 unspecified atom stereocenters. The molecule has 11 heteroatoms. The molecule has 1 aromatic heterocycles. The number of likely N-dealkylation sites (tertiary alicyclic amines) is 1. The molecule has 2 fully saturated rings. The van der Waals surface area contributed by atoms with E-state index < -0.39 is 47.9 Å². The van der Waals surface area contributed by atoms with E-state index >= 15 is 0 Å². The molecule has 31 heavy (non-hydrogen) atoms. The number of hydrogen-bond acceptors (Lipinski definition) is 6. The SMILES string of the molecule is Cc1cnn(C2(/C(N)=N/OC(=O)C3CC(F)(F)C3)CCN(C(=O)OC(C)(C)C)CC2)c1. The fourth-order valence-corrected chi connectivity index (χ4v) is 3.72. The van der Waals surface area contributed by atoms with Gasteiger partial charge in [0.2, 0.25) is 5.92 Å². The van der Waals surface area contributed by atoms with Crippen molar-refractivity contribution in [2.24, 2.45) is 16.8 Å². The third kappa shape index (κ3) is 5.13. The first kappa shape index (κ1) is 23.0. The van der Waals surface area contributed by atoms with Crippen molar-refractivity contribution in [3.63, 3.8) is 0 Å². The van der Waals surface area contributed by atoms with Gasteiger partial charge in [-0.25, -0.2) is 18.4 Å². The van der Waals surface area contributed by atoms with Gasteiger partial charge >= 0.3 is 12.1 Å². The Morgan fingerprint density at radius 3 is 2.35 bits per heavy atom. The molecule has 172 valence electrons. The number of alkyl halides is 2. The van der Waals surface area contributed by atoms with Crippen LogP contribution in [0.25, 0.3) is 0 Å². The molecule has 2 aliphatic rings. The smallest absolute Gasteiger partial charge is 0.410 e. The highest BCUT2D eigenvalue weighted by molar-refractivity contribution is 5.89. The second kappa shape index (κ2) is 8.08. The zero-order valence-corrected chi connectivity index (χ0v) is 18.2. The van der Waals surface area contributed by atoms with Crippen LogP contribution in [0.4, 0.5) is 13.6 Å². The minimum absolute atomic E-state index is 0.00104. The molecule has 2 N–H and O–H groups in total. The van der Waals surface area contributed by atoms with E-state index in [0.717, 1.165) is 5.56 Å². The van der Waals surface area contributed by atoms with Crippen LogP contribution in [0.1, 0.15) is 52.0 Å². The van der Waals surface area contributed by atoms with Gasteiger partial charge in [-0.3, -0.25) is 4.68 Å². The first-order chi connectivity index (χ1) is 14.3. The van der Waals surface area contributed by atoms with Gasteiger partial charge in [0, 0.05) is 32.1 Å². The number of halogens is 2. The van der Waals surface area contributed by atoms with Gasteiger partial charge in [-0.15, -0.1) is 0 Å². The first-order valence-electron chi connectivity index (χ1n) is 10.2. The van der Waals surface area contributed by atoms with E-state index in [1.807, 2.05) is 6.92 Å². The van der Waals surface area contributed by atoms with Gasteiger partial charge in [0.1, 0.15) is 11.1 Å². The normalized spacial score (nSPS) is 21.4. The summed E-state index contributed by atoms with van der Waals surface area (Å²) in [6, 6.07) is 0. The summed E-state index contributed by atoms with van der Waals surface area (Å²) in [4.78, 5) is 30.9. The van der Waals surface area contributed by atoms with Gasteiger partial charge < -0.3 is 20.2 Å². The van der Waals surface area contributed by atoms with Gasteiger partial charge in [-0.2, -0.15) is 5.10 Å². The van der Waals surface area contributed by atoms with Crippen LogP contribution < -0.4 is 5.73 Å². The van der Waals surface area contributed by atoms with Crippen molar-refractivity contribution in [2.45, 2.75) is 70.4 Å². The number of carbonyl (C=O) groups is 2. The molecule has 9 nitrogen and oxygen atoms in total. The minimum Gasteiger partial charge on any atom is -0.444 e. The number of aryl methyl sites for hydroxylation is 1. The fourth-order valence-electron chi connectivity index (χ4n) is 3.72. The van der Waals surface area contributed by atoms with Crippen LogP contribution in [-0.4, -0.2) is 57.2 Å². The molecule has 1 saturated heterocycles. The van der Waals surface area contributed by atoms with Gasteiger partial charge in [-0.1, -0.05) is 5.16 Å². The van der Waals surface area contributed by atoms with Crippen molar-refractivity contribution in [3.05, 3.63) is 18.0 Å². The number of rotatable bonds is 4. The average Bonchev–Trinajstić information content (AvgIpc) is 3.09. The average molecular weight is 441 g/mol. The molecule has 0 aromatic carbocycles. The summed E-state index contributed by atoms with van der Waals surface area (Å²) < 4.78 is 33.1. The summed E-state index contributed by atoms with van der Waals surface area (Å²) >= 11 is 0. The zero-order chi connectivity index (χ0) is 23.0. The van der Waals surface area contributed by atoms with Crippen molar-refractivity contribution < 1.29 is 27.9 Å². The van der Waals surface area contributed by atoms with Crippen LogP contribution in [0.2, 0.25) is 0 Å². The van der Waals surface area contributed by atoms with Crippen molar-refractivity contribution in [1.29, 1.82) is 0 Å². The van der Waals surface area contributed by atoms with Crippen LogP contribution in [0, 0.1) is 12.8 Å². The zero-order valence-electron chi connectivity index (χ0n) is 18.2. The van der Waals surface area contributed by atoms with Gasteiger partial charge in [0.15, 0.2) is 5.84 Å². The van der Waals surface area contributed by atoms with Crippen molar-refractivity contribution in [1.82, 2.24) is 14.7 Å². The summed E-state index contributed by atoms with van der Waals surface area (Å²) in [5, 5.41) is 8.14. The number of aromatic nitrogens is 2. The maximum absolute atomic E-state index is 13.0. The van der Waals surface area contributed by atoms with Gasteiger partial charge in [0.05, 0.1) is 12.1 Å². The summed E-state index contributed by atoms with van der Waals surface area (Å²) in [7, 11) is 0. The van der Waals surface area contributed by atoms with E-state index in [-0.39, 0.29) is 5.84 Å².